The van der Waals surface area contributed by atoms with Crippen molar-refractivity contribution in [1.82, 2.24) is 4.90 Å². The van der Waals surface area contributed by atoms with E-state index in [-0.39, 0.29) is 14.9 Å². The molecule has 1 aliphatic heterocycles. The first-order valence-electron chi connectivity index (χ1n) is 8.45. The summed E-state index contributed by atoms with van der Waals surface area (Å²) < 4.78 is 27.7. The molecule has 1 heterocycles. The molecular formula is C18H21Cl2N3O2S. The van der Waals surface area contributed by atoms with Crippen LogP contribution in [-0.2, 0) is 10.0 Å². The van der Waals surface area contributed by atoms with Gasteiger partial charge in [0.05, 0.1) is 10.0 Å². The van der Waals surface area contributed by atoms with Crippen molar-refractivity contribution in [2.75, 3.05) is 42.3 Å². The first-order chi connectivity index (χ1) is 12.4. The molecule has 8 heteroatoms. The minimum absolute atomic E-state index is 0.0204. The zero-order valence-electron chi connectivity index (χ0n) is 14.5. The summed E-state index contributed by atoms with van der Waals surface area (Å²) in [5.74, 6) is 0. The van der Waals surface area contributed by atoms with Gasteiger partial charge < -0.3 is 9.80 Å². The number of sulfonamides is 1. The molecule has 0 spiro atoms. The number of anilines is 2. The van der Waals surface area contributed by atoms with E-state index in [0.29, 0.717) is 5.69 Å². The molecule has 0 aliphatic carbocycles. The van der Waals surface area contributed by atoms with Crippen LogP contribution in [0, 0.1) is 0 Å². The fraction of sp³-hybridized carbons (Fsp3) is 0.333. The summed E-state index contributed by atoms with van der Waals surface area (Å²) in [6, 6.07) is 11.9. The van der Waals surface area contributed by atoms with Crippen molar-refractivity contribution in [3.05, 3.63) is 52.5 Å². The molecule has 26 heavy (non-hydrogen) atoms. The van der Waals surface area contributed by atoms with Crippen molar-refractivity contribution in [3.8, 4) is 0 Å². The second kappa shape index (κ2) is 8.05. The van der Waals surface area contributed by atoms with Gasteiger partial charge in [-0.1, -0.05) is 36.2 Å². The van der Waals surface area contributed by atoms with Gasteiger partial charge in [0.25, 0.3) is 10.0 Å². The van der Waals surface area contributed by atoms with Gasteiger partial charge >= 0.3 is 0 Å². The SMILES string of the molecule is CCN1CCN(c2ccc(NS(=O)(=O)c3cccc(Cl)c3Cl)cc2)CC1. The standard InChI is InChI=1S/C18H21Cl2N3O2S/c1-2-22-10-12-23(13-11-22)15-8-6-14(7-9-15)21-26(24,25)17-5-3-4-16(19)18(17)20/h3-9,21H,2,10-13H2,1H3. The molecule has 1 fully saturated rings. The Morgan fingerprint density at radius 2 is 1.65 bits per heavy atom. The number of hydrogen-bond donors (Lipinski definition) is 1. The third kappa shape index (κ3) is 4.26. The minimum Gasteiger partial charge on any atom is -0.369 e. The van der Waals surface area contributed by atoms with Crippen molar-refractivity contribution in [2.24, 2.45) is 0 Å². The van der Waals surface area contributed by atoms with Crippen LogP contribution in [0.2, 0.25) is 10.0 Å². The van der Waals surface area contributed by atoms with Gasteiger partial charge in [-0.15, -0.1) is 0 Å². The largest absolute Gasteiger partial charge is 0.369 e. The molecule has 2 aromatic rings. The van der Waals surface area contributed by atoms with E-state index in [9.17, 15) is 8.42 Å². The Kier molecular flexibility index (Phi) is 5.97. The van der Waals surface area contributed by atoms with Crippen molar-refractivity contribution >= 4 is 44.6 Å². The number of hydrogen-bond acceptors (Lipinski definition) is 4. The van der Waals surface area contributed by atoms with Gasteiger partial charge in [-0.05, 0) is 42.9 Å². The Labute approximate surface area is 164 Å². The molecule has 140 valence electrons. The zero-order chi connectivity index (χ0) is 18.7. The van der Waals surface area contributed by atoms with Gasteiger partial charge in [-0.25, -0.2) is 8.42 Å². The summed E-state index contributed by atoms with van der Waals surface area (Å²) >= 11 is 11.9. The number of halogens is 2. The highest BCUT2D eigenvalue weighted by Gasteiger charge is 2.20. The van der Waals surface area contributed by atoms with Crippen LogP contribution in [0.25, 0.3) is 0 Å². The van der Waals surface area contributed by atoms with Gasteiger partial charge in [-0.3, -0.25) is 4.72 Å². The fourth-order valence-corrected chi connectivity index (χ4v) is 4.79. The first-order valence-corrected chi connectivity index (χ1v) is 10.7. The van der Waals surface area contributed by atoms with Gasteiger partial charge in [0.1, 0.15) is 4.90 Å². The summed E-state index contributed by atoms with van der Waals surface area (Å²) in [7, 11) is -3.80. The lowest BCUT2D eigenvalue weighted by Crippen LogP contribution is -2.46. The molecule has 5 nitrogen and oxygen atoms in total. The zero-order valence-corrected chi connectivity index (χ0v) is 16.8. The van der Waals surface area contributed by atoms with Crippen molar-refractivity contribution in [2.45, 2.75) is 11.8 Å². The first kappa shape index (κ1) is 19.3. The quantitative estimate of drug-likeness (QED) is 0.806. The van der Waals surface area contributed by atoms with Crippen molar-refractivity contribution < 1.29 is 8.42 Å². The van der Waals surface area contributed by atoms with E-state index in [2.05, 4.69) is 21.4 Å². The Balaban J connectivity index is 1.72. The molecule has 0 bridgehead atoms. The van der Waals surface area contributed by atoms with Gasteiger partial charge in [0.15, 0.2) is 0 Å². The molecular weight excluding hydrogens is 393 g/mol. The monoisotopic (exact) mass is 413 g/mol. The number of piperazine rings is 1. The van der Waals surface area contributed by atoms with Gasteiger partial charge in [0, 0.05) is 37.6 Å². The van der Waals surface area contributed by atoms with Crippen LogP contribution < -0.4 is 9.62 Å². The normalized spacial score (nSPS) is 15.9. The highest BCUT2D eigenvalue weighted by molar-refractivity contribution is 7.92. The smallest absolute Gasteiger partial charge is 0.263 e. The van der Waals surface area contributed by atoms with Gasteiger partial charge in [-0.2, -0.15) is 0 Å². The maximum absolute atomic E-state index is 12.6. The summed E-state index contributed by atoms with van der Waals surface area (Å²) in [6.45, 7) is 7.26. The third-order valence-electron chi connectivity index (χ3n) is 4.51. The lowest BCUT2D eigenvalue weighted by molar-refractivity contribution is 0.271. The minimum atomic E-state index is -3.80. The number of nitrogens with one attached hydrogen (secondary N) is 1. The van der Waals surface area contributed by atoms with E-state index in [1.165, 1.54) is 6.07 Å². The number of rotatable bonds is 5. The van der Waals surface area contributed by atoms with E-state index in [0.717, 1.165) is 38.4 Å². The maximum Gasteiger partial charge on any atom is 0.263 e. The van der Waals surface area contributed by atoms with Gasteiger partial charge in [0.2, 0.25) is 0 Å². The van der Waals surface area contributed by atoms with Crippen molar-refractivity contribution in [3.63, 3.8) is 0 Å². The predicted molar refractivity (Wildman–Crippen MR) is 108 cm³/mol. The molecule has 2 aromatic carbocycles. The fourth-order valence-electron chi connectivity index (χ4n) is 2.96. The summed E-state index contributed by atoms with van der Waals surface area (Å²) in [5, 5.41) is 0.225. The second-order valence-electron chi connectivity index (χ2n) is 6.13. The summed E-state index contributed by atoms with van der Waals surface area (Å²) in [5.41, 5.74) is 1.57. The van der Waals surface area contributed by atoms with Crippen LogP contribution in [0.1, 0.15) is 6.92 Å². The van der Waals surface area contributed by atoms with Crippen LogP contribution in [0.15, 0.2) is 47.4 Å². The number of likely N-dealkylation sites (N-methyl/N-ethyl adjacent to an activating group) is 1. The van der Waals surface area contributed by atoms with Crippen LogP contribution in [0.3, 0.4) is 0 Å². The van der Waals surface area contributed by atoms with E-state index < -0.39 is 10.0 Å². The van der Waals surface area contributed by atoms with E-state index in [1.54, 1.807) is 24.3 Å². The molecule has 0 radical (unpaired) electrons. The average molecular weight is 414 g/mol. The Bertz CT molecular complexity index is 865. The Hall–Kier alpha value is -1.47. The van der Waals surface area contributed by atoms with Crippen molar-refractivity contribution in [1.29, 1.82) is 0 Å². The highest BCUT2D eigenvalue weighted by Crippen LogP contribution is 2.30. The molecule has 1 N–H and O–H groups in total. The second-order valence-corrected chi connectivity index (χ2v) is 8.56. The molecule has 0 unspecified atom stereocenters. The van der Waals surface area contributed by atoms with E-state index in [1.807, 2.05) is 12.1 Å². The molecule has 0 aromatic heterocycles. The van der Waals surface area contributed by atoms with E-state index >= 15 is 0 Å². The predicted octanol–water partition coefficient (Wildman–Crippen LogP) is 3.94. The lowest BCUT2D eigenvalue weighted by Gasteiger charge is -2.35. The third-order valence-corrected chi connectivity index (χ3v) is 6.86. The van der Waals surface area contributed by atoms with E-state index in [4.69, 9.17) is 23.2 Å². The van der Waals surface area contributed by atoms with Crippen LogP contribution in [0.5, 0.6) is 0 Å². The Morgan fingerprint density at radius 1 is 1.00 bits per heavy atom. The highest BCUT2D eigenvalue weighted by atomic mass is 35.5. The van der Waals surface area contributed by atoms with Crippen LogP contribution in [0.4, 0.5) is 11.4 Å². The maximum atomic E-state index is 12.6. The number of benzene rings is 2. The number of nitrogens with zero attached hydrogens (tertiary/aromatic N) is 2. The molecule has 3 rings (SSSR count). The summed E-state index contributed by atoms with van der Waals surface area (Å²) in [4.78, 5) is 4.68. The lowest BCUT2D eigenvalue weighted by atomic mass is 10.2. The Morgan fingerprint density at radius 3 is 2.27 bits per heavy atom. The average Bonchev–Trinajstić information content (AvgIpc) is 2.64. The topological polar surface area (TPSA) is 52.6 Å². The molecule has 1 saturated heterocycles. The van der Waals surface area contributed by atoms with Crippen LogP contribution >= 0.6 is 23.2 Å². The molecule has 1 aliphatic rings. The molecule has 0 amide bonds. The molecule has 0 atom stereocenters. The molecule has 0 saturated carbocycles. The van der Waals surface area contributed by atoms with Crippen LogP contribution in [-0.4, -0.2) is 46.0 Å². The summed E-state index contributed by atoms with van der Waals surface area (Å²) in [6.07, 6.45) is 0.